The maximum Gasteiger partial charge on any atom is 0.294 e. The SMILES string of the molecule is CN1C=C(C#N)CCC1=Nc1ccccc1[N+](=O)[O-]. The van der Waals surface area contributed by atoms with Crippen LogP contribution in [0.5, 0.6) is 0 Å². The van der Waals surface area contributed by atoms with E-state index < -0.39 is 4.92 Å². The number of rotatable bonds is 2. The highest BCUT2D eigenvalue weighted by Gasteiger charge is 2.17. The van der Waals surface area contributed by atoms with E-state index in [0.29, 0.717) is 29.9 Å². The van der Waals surface area contributed by atoms with Crippen molar-refractivity contribution in [3.63, 3.8) is 0 Å². The molecular formula is C13H12N4O2. The number of amidine groups is 1. The van der Waals surface area contributed by atoms with Gasteiger partial charge in [-0.2, -0.15) is 5.26 Å². The van der Waals surface area contributed by atoms with E-state index in [1.165, 1.54) is 6.07 Å². The van der Waals surface area contributed by atoms with Crippen LogP contribution >= 0.6 is 0 Å². The minimum Gasteiger partial charge on any atom is -0.339 e. The second-order valence-corrected chi connectivity index (χ2v) is 4.15. The molecule has 0 fully saturated rings. The van der Waals surface area contributed by atoms with Gasteiger partial charge in [-0.3, -0.25) is 10.1 Å². The van der Waals surface area contributed by atoms with Crippen LogP contribution in [0, 0.1) is 21.4 Å². The van der Waals surface area contributed by atoms with Crippen LogP contribution in [-0.4, -0.2) is 22.7 Å². The maximum absolute atomic E-state index is 10.9. The number of allylic oxidation sites excluding steroid dienone is 1. The number of nitro benzene ring substituents is 1. The first-order valence-electron chi connectivity index (χ1n) is 5.76. The van der Waals surface area contributed by atoms with Crippen LogP contribution in [0.4, 0.5) is 11.4 Å². The molecule has 1 heterocycles. The average molecular weight is 256 g/mol. The van der Waals surface area contributed by atoms with Gasteiger partial charge in [0.25, 0.3) is 5.69 Å². The summed E-state index contributed by atoms with van der Waals surface area (Å²) >= 11 is 0. The number of nitriles is 1. The highest BCUT2D eigenvalue weighted by molar-refractivity contribution is 5.88. The molecule has 1 aliphatic rings. The van der Waals surface area contributed by atoms with Gasteiger partial charge in [0.2, 0.25) is 0 Å². The van der Waals surface area contributed by atoms with Gasteiger partial charge in [-0.05, 0) is 12.5 Å². The van der Waals surface area contributed by atoms with E-state index in [1.54, 1.807) is 36.3 Å². The van der Waals surface area contributed by atoms with E-state index in [9.17, 15) is 10.1 Å². The third-order valence-electron chi connectivity index (χ3n) is 2.85. The Balaban J connectivity index is 2.36. The molecule has 6 heteroatoms. The van der Waals surface area contributed by atoms with Crippen molar-refractivity contribution in [2.75, 3.05) is 7.05 Å². The molecule has 0 radical (unpaired) electrons. The van der Waals surface area contributed by atoms with Crippen LogP contribution < -0.4 is 0 Å². The molecule has 0 saturated heterocycles. The lowest BCUT2D eigenvalue weighted by Gasteiger charge is -2.22. The van der Waals surface area contributed by atoms with E-state index >= 15 is 0 Å². The summed E-state index contributed by atoms with van der Waals surface area (Å²) in [4.78, 5) is 16.5. The fourth-order valence-corrected chi connectivity index (χ4v) is 1.87. The van der Waals surface area contributed by atoms with Crippen molar-refractivity contribution in [2.24, 2.45) is 4.99 Å². The number of benzene rings is 1. The zero-order chi connectivity index (χ0) is 13.8. The molecule has 6 nitrogen and oxygen atoms in total. The van der Waals surface area contributed by atoms with Crippen molar-refractivity contribution in [1.29, 1.82) is 5.26 Å². The third kappa shape index (κ3) is 2.77. The lowest BCUT2D eigenvalue weighted by molar-refractivity contribution is -0.384. The summed E-state index contributed by atoms with van der Waals surface area (Å²) in [5, 5.41) is 19.7. The molecule has 1 aliphatic heterocycles. The average Bonchev–Trinajstić information content (AvgIpc) is 2.41. The first kappa shape index (κ1) is 12.8. The van der Waals surface area contributed by atoms with Crippen molar-refractivity contribution < 1.29 is 4.92 Å². The molecule has 0 saturated carbocycles. The van der Waals surface area contributed by atoms with Gasteiger partial charge in [-0.1, -0.05) is 12.1 Å². The Bertz CT molecular complexity index is 613. The van der Waals surface area contributed by atoms with Crippen LogP contribution in [0.2, 0.25) is 0 Å². The van der Waals surface area contributed by atoms with E-state index in [4.69, 9.17) is 5.26 Å². The predicted molar refractivity (Wildman–Crippen MR) is 70.9 cm³/mol. The fraction of sp³-hybridized carbons (Fsp3) is 0.231. The monoisotopic (exact) mass is 256 g/mol. The summed E-state index contributed by atoms with van der Waals surface area (Å²) < 4.78 is 0. The first-order chi connectivity index (χ1) is 9.11. The quantitative estimate of drug-likeness (QED) is 0.601. The number of nitrogens with zero attached hydrogens (tertiary/aromatic N) is 4. The van der Waals surface area contributed by atoms with Crippen LogP contribution in [0.1, 0.15) is 12.8 Å². The smallest absolute Gasteiger partial charge is 0.294 e. The van der Waals surface area contributed by atoms with Crippen molar-refractivity contribution in [3.8, 4) is 6.07 Å². The van der Waals surface area contributed by atoms with E-state index in [0.717, 1.165) is 0 Å². The summed E-state index contributed by atoms with van der Waals surface area (Å²) in [6, 6.07) is 8.47. The van der Waals surface area contributed by atoms with Gasteiger partial charge < -0.3 is 4.90 Å². The molecule has 0 bridgehead atoms. The Kier molecular flexibility index (Phi) is 3.57. The van der Waals surface area contributed by atoms with Gasteiger partial charge in [0.15, 0.2) is 0 Å². The normalized spacial score (nSPS) is 16.9. The van der Waals surface area contributed by atoms with Gasteiger partial charge in [-0.25, -0.2) is 4.99 Å². The summed E-state index contributed by atoms with van der Waals surface area (Å²) in [7, 11) is 1.78. The first-order valence-corrected chi connectivity index (χ1v) is 5.76. The molecular weight excluding hydrogens is 244 g/mol. The molecule has 0 amide bonds. The Morgan fingerprint density at radius 3 is 2.79 bits per heavy atom. The van der Waals surface area contributed by atoms with Crippen molar-refractivity contribution in [2.45, 2.75) is 12.8 Å². The summed E-state index contributed by atoms with van der Waals surface area (Å²) in [5.74, 6) is 0.716. The molecule has 0 spiro atoms. The zero-order valence-electron chi connectivity index (χ0n) is 10.4. The van der Waals surface area contributed by atoms with Crippen LogP contribution in [-0.2, 0) is 0 Å². The number of para-hydroxylation sites is 2. The second kappa shape index (κ2) is 5.31. The Hall–Kier alpha value is -2.68. The number of hydrogen-bond acceptors (Lipinski definition) is 4. The highest BCUT2D eigenvalue weighted by atomic mass is 16.6. The minimum absolute atomic E-state index is 0.0153. The van der Waals surface area contributed by atoms with Gasteiger partial charge >= 0.3 is 0 Å². The van der Waals surface area contributed by atoms with E-state index in [-0.39, 0.29) is 5.69 Å². The Labute approximate surface area is 110 Å². The molecule has 19 heavy (non-hydrogen) atoms. The van der Waals surface area contributed by atoms with E-state index in [2.05, 4.69) is 11.1 Å². The summed E-state index contributed by atoms with van der Waals surface area (Å²) in [5.41, 5.74) is 1.01. The molecule has 1 aromatic rings. The largest absolute Gasteiger partial charge is 0.339 e. The standard InChI is InChI=1S/C13H12N4O2/c1-16-9-10(8-14)6-7-13(16)15-11-4-2-3-5-12(11)17(18)19/h2-5,9H,6-7H2,1H3. The third-order valence-corrected chi connectivity index (χ3v) is 2.85. The van der Waals surface area contributed by atoms with Crippen molar-refractivity contribution in [1.82, 2.24) is 4.90 Å². The molecule has 1 aromatic carbocycles. The summed E-state index contributed by atoms with van der Waals surface area (Å²) in [6.45, 7) is 0. The van der Waals surface area contributed by atoms with E-state index in [1.807, 2.05) is 0 Å². The Morgan fingerprint density at radius 1 is 1.42 bits per heavy atom. The highest BCUT2D eigenvalue weighted by Crippen LogP contribution is 2.28. The molecule has 0 unspecified atom stereocenters. The fourth-order valence-electron chi connectivity index (χ4n) is 1.87. The lowest BCUT2D eigenvalue weighted by atomic mass is 10.1. The van der Waals surface area contributed by atoms with Gasteiger partial charge in [-0.15, -0.1) is 0 Å². The number of nitro groups is 1. The minimum atomic E-state index is -0.446. The van der Waals surface area contributed by atoms with Gasteiger partial charge in [0, 0.05) is 31.3 Å². The van der Waals surface area contributed by atoms with Crippen LogP contribution in [0.25, 0.3) is 0 Å². The zero-order valence-corrected chi connectivity index (χ0v) is 10.4. The van der Waals surface area contributed by atoms with Gasteiger partial charge in [0.05, 0.1) is 11.0 Å². The maximum atomic E-state index is 10.9. The molecule has 0 aromatic heterocycles. The molecule has 0 aliphatic carbocycles. The van der Waals surface area contributed by atoms with Crippen molar-refractivity contribution >= 4 is 17.2 Å². The van der Waals surface area contributed by atoms with Crippen LogP contribution in [0.15, 0.2) is 41.0 Å². The molecule has 0 N–H and O–H groups in total. The van der Waals surface area contributed by atoms with Crippen molar-refractivity contribution in [3.05, 3.63) is 46.2 Å². The molecule has 0 atom stereocenters. The predicted octanol–water partition coefficient (Wildman–Crippen LogP) is 2.76. The van der Waals surface area contributed by atoms with Gasteiger partial charge in [0.1, 0.15) is 11.5 Å². The topological polar surface area (TPSA) is 82.5 Å². The number of aliphatic imine (C=N–C) groups is 1. The molecule has 96 valence electrons. The number of hydrogen-bond donors (Lipinski definition) is 0. The second-order valence-electron chi connectivity index (χ2n) is 4.15. The Morgan fingerprint density at radius 2 is 2.16 bits per heavy atom. The lowest BCUT2D eigenvalue weighted by Crippen LogP contribution is -2.25. The molecule has 2 rings (SSSR count). The summed E-state index contributed by atoms with van der Waals surface area (Å²) in [6.07, 6.45) is 2.92. The van der Waals surface area contributed by atoms with Crippen LogP contribution in [0.3, 0.4) is 0 Å².